The molecule has 1 N–H and O–H groups in total. The first-order chi connectivity index (χ1) is 7.25. The lowest BCUT2D eigenvalue weighted by molar-refractivity contribution is -0.117. The van der Waals surface area contributed by atoms with E-state index >= 15 is 0 Å². The van der Waals surface area contributed by atoms with Crippen LogP contribution in [0.2, 0.25) is 5.02 Å². The average molecular weight is 222 g/mol. The van der Waals surface area contributed by atoms with E-state index in [1.165, 1.54) is 18.4 Å². The van der Waals surface area contributed by atoms with Crippen molar-refractivity contribution in [2.75, 3.05) is 5.32 Å². The maximum atomic E-state index is 11.6. The number of benzene rings is 1. The molecule has 1 aliphatic carbocycles. The molecule has 1 aromatic carbocycles. The molecule has 3 rings (SSSR count). The Labute approximate surface area is 93.6 Å². The highest BCUT2D eigenvalue weighted by molar-refractivity contribution is 6.34. The molecule has 0 bridgehead atoms. The lowest BCUT2D eigenvalue weighted by atomic mass is 9.87. The molecule has 0 radical (unpaired) electrons. The smallest absolute Gasteiger partial charge is 0.225 e. The summed E-state index contributed by atoms with van der Waals surface area (Å²) < 4.78 is 0. The first-order valence-corrected chi connectivity index (χ1v) is 5.72. The molecule has 1 heterocycles. The van der Waals surface area contributed by atoms with Crippen LogP contribution in [0.15, 0.2) is 18.2 Å². The van der Waals surface area contributed by atoms with Crippen molar-refractivity contribution in [3.8, 4) is 0 Å². The molecule has 1 aromatic rings. The van der Waals surface area contributed by atoms with Crippen molar-refractivity contribution in [3.63, 3.8) is 0 Å². The standard InChI is InChI=1S/C12H12ClNO/c13-10-3-1-2-8-9(7-4-5-7)6-11(15)14-12(8)10/h1-3,7,9H,4-6H2,(H,14,15). The SMILES string of the molecule is O=C1CC(C2CC2)c2cccc(Cl)c2N1. The first kappa shape index (κ1) is 9.22. The van der Waals surface area contributed by atoms with Crippen LogP contribution in [0, 0.1) is 5.92 Å². The Morgan fingerprint density at radius 3 is 2.87 bits per heavy atom. The van der Waals surface area contributed by atoms with Gasteiger partial charge in [0.1, 0.15) is 0 Å². The third-order valence-electron chi connectivity index (χ3n) is 3.31. The van der Waals surface area contributed by atoms with E-state index in [4.69, 9.17) is 11.6 Å². The monoisotopic (exact) mass is 221 g/mol. The molecule has 78 valence electrons. The summed E-state index contributed by atoms with van der Waals surface area (Å²) >= 11 is 6.08. The van der Waals surface area contributed by atoms with Crippen LogP contribution >= 0.6 is 11.6 Å². The van der Waals surface area contributed by atoms with Crippen molar-refractivity contribution < 1.29 is 4.79 Å². The lowest BCUT2D eigenvalue weighted by Gasteiger charge is -2.26. The van der Waals surface area contributed by atoms with Crippen LogP contribution < -0.4 is 5.32 Å². The van der Waals surface area contributed by atoms with Gasteiger partial charge in [-0.25, -0.2) is 0 Å². The summed E-state index contributed by atoms with van der Waals surface area (Å²) in [5.41, 5.74) is 2.07. The number of rotatable bonds is 1. The van der Waals surface area contributed by atoms with E-state index in [1.54, 1.807) is 0 Å². The Morgan fingerprint density at radius 2 is 2.13 bits per heavy atom. The fraction of sp³-hybridized carbons (Fsp3) is 0.417. The van der Waals surface area contributed by atoms with Gasteiger partial charge in [-0.1, -0.05) is 23.7 Å². The molecule has 0 aromatic heterocycles. The summed E-state index contributed by atoms with van der Waals surface area (Å²) in [6, 6.07) is 5.88. The number of hydrogen-bond donors (Lipinski definition) is 1. The highest BCUT2D eigenvalue weighted by atomic mass is 35.5. The predicted octanol–water partition coefficient (Wildman–Crippen LogP) is 3.18. The maximum Gasteiger partial charge on any atom is 0.225 e. The number of halogens is 1. The Balaban J connectivity index is 2.09. The van der Waals surface area contributed by atoms with Crippen molar-refractivity contribution in [2.45, 2.75) is 25.2 Å². The second kappa shape index (κ2) is 3.24. The molecule has 1 unspecified atom stereocenters. The van der Waals surface area contributed by atoms with Crippen molar-refractivity contribution in [1.29, 1.82) is 0 Å². The summed E-state index contributed by atoms with van der Waals surface area (Å²) in [7, 11) is 0. The van der Waals surface area contributed by atoms with Gasteiger partial charge in [0.05, 0.1) is 10.7 Å². The van der Waals surface area contributed by atoms with Gasteiger partial charge in [-0.05, 0) is 36.3 Å². The van der Waals surface area contributed by atoms with Crippen LogP contribution in [0.4, 0.5) is 5.69 Å². The van der Waals surface area contributed by atoms with E-state index in [0.29, 0.717) is 23.3 Å². The zero-order valence-corrected chi connectivity index (χ0v) is 9.05. The molecule has 1 amide bonds. The van der Waals surface area contributed by atoms with Crippen LogP contribution in [0.5, 0.6) is 0 Å². The van der Waals surface area contributed by atoms with Crippen LogP contribution in [0.1, 0.15) is 30.7 Å². The van der Waals surface area contributed by atoms with Crippen LogP contribution in [-0.4, -0.2) is 5.91 Å². The first-order valence-electron chi connectivity index (χ1n) is 5.34. The van der Waals surface area contributed by atoms with Gasteiger partial charge in [0.25, 0.3) is 0 Å². The molecule has 0 saturated heterocycles. The van der Waals surface area contributed by atoms with Gasteiger partial charge < -0.3 is 5.32 Å². The van der Waals surface area contributed by atoms with Crippen molar-refractivity contribution in [1.82, 2.24) is 0 Å². The van der Waals surface area contributed by atoms with E-state index in [1.807, 2.05) is 12.1 Å². The van der Waals surface area contributed by atoms with Gasteiger partial charge in [-0.2, -0.15) is 0 Å². The highest BCUT2D eigenvalue weighted by Gasteiger charge is 2.37. The van der Waals surface area contributed by atoms with Crippen LogP contribution in [-0.2, 0) is 4.79 Å². The molecule has 3 heteroatoms. The van der Waals surface area contributed by atoms with Crippen LogP contribution in [0.25, 0.3) is 0 Å². The second-order valence-electron chi connectivity index (χ2n) is 4.40. The zero-order valence-electron chi connectivity index (χ0n) is 8.29. The van der Waals surface area contributed by atoms with Crippen molar-refractivity contribution >= 4 is 23.2 Å². The summed E-state index contributed by atoms with van der Waals surface area (Å²) in [5, 5.41) is 3.53. The van der Waals surface area contributed by atoms with Gasteiger partial charge in [0.15, 0.2) is 0 Å². The quantitative estimate of drug-likeness (QED) is 0.776. The Morgan fingerprint density at radius 1 is 1.33 bits per heavy atom. The van der Waals surface area contributed by atoms with Gasteiger partial charge in [0.2, 0.25) is 5.91 Å². The molecule has 2 aliphatic rings. The predicted molar refractivity (Wildman–Crippen MR) is 60.2 cm³/mol. The molecule has 0 spiro atoms. The molecular formula is C12H12ClNO. The third kappa shape index (κ3) is 1.53. The van der Waals surface area contributed by atoms with E-state index < -0.39 is 0 Å². The topological polar surface area (TPSA) is 29.1 Å². The van der Waals surface area contributed by atoms with Gasteiger partial charge in [-0.3, -0.25) is 4.79 Å². The van der Waals surface area contributed by atoms with E-state index in [-0.39, 0.29) is 5.91 Å². The molecule has 1 fully saturated rings. The highest BCUT2D eigenvalue weighted by Crippen LogP contribution is 2.49. The van der Waals surface area contributed by atoms with Crippen LogP contribution in [0.3, 0.4) is 0 Å². The largest absolute Gasteiger partial charge is 0.325 e. The molecule has 1 atom stereocenters. The normalized spacial score (nSPS) is 24.6. The van der Waals surface area contributed by atoms with Crippen molar-refractivity contribution in [3.05, 3.63) is 28.8 Å². The molecular weight excluding hydrogens is 210 g/mol. The zero-order chi connectivity index (χ0) is 10.4. The second-order valence-corrected chi connectivity index (χ2v) is 4.81. The molecule has 1 saturated carbocycles. The fourth-order valence-corrected chi connectivity index (χ4v) is 2.63. The summed E-state index contributed by atoms with van der Waals surface area (Å²) in [6.07, 6.45) is 3.13. The number of nitrogens with one attached hydrogen (secondary N) is 1. The van der Waals surface area contributed by atoms with Crippen molar-refractivity contribution in [2.24, 2.45) is 5.92 Å². The van der Waals surface area contributed by atoms with E-state index in [0.717, 1.165) is 5.69 Å². The number of amides is 1. The summed E-state index contributed by atoms with van der Waals surface area (Å²) in [5.74, 6) is 1.20. The number of hydrogen-bond acceptors (Lipinski definition) is 1. The minimum Gasteiger partial charge on any atom is -0.325 e. The maximum absolute atomic E-state index is 11.6. The van der Waals surface area contributed by atoms with E-state index in [2.05, 4.69) is 11.4 Å². The summed E-state index contributed by atoms with van der Waals surface area (Å²) in [6.45, 7) is 0. The Kier molecular flexibility index (Phi) is 1.99. The molecule has 2 nitrogen and oxygen atoms in total. The number of carbonyl (C=O) groups is 1. The molecule has 1 aliphatic heterocycles. The minimum atomic E-state index is 0.104. The number of fused-ring (bicyclic) bond motifs is 1. The number of para-hydroxylation sites is 1. The average Bonchev–Trinajstić information content (AvgIpc) is 3.02. The number of carbonyl (C=O) groups excluding carboxylic acids is 1. The summed E-state index contributed by atoms with van der Waals surface area (Å²) in [4.78, 5) is 11.6. The molecule has 15 heavy (non-hydrogen) atoms. The fourth-order valence-electron chi connectivity index (χ4n) is 2.40. The minimum absolute atomic E-state index is 0.104. The van der Waals surface area contributed by atoms with E-state index in [9.17, 15) is 4.79 Å². The number of anilines is 1. The Bertz CT molecular complexity index is 426. The van der Waals surface area contributed by atoms with Gasteiger partial charge >= 0.3 is 0 Å². The van der Waals surface area contributed by atoms with Gasteiger partial charge in [0, 0.05) is 6.42 Å². The lowest BCUT2D eigenvalue weighted by Crippen LogP contribution is -2.24. The van der Waals surface area contributed by atoms with Gasteiger partial charge in [-0.15, -0.1) is 0 Å². The third-order valence-corrected chi connectivity index (χ3v) is 3.62. The Hall–Kier alpha value is -1.02.